The highest BCUT2D eigenvalue weighted by atomic mass is 16.5. The Bertz CT molecular complexity index is 523. The topological polar surface area (TPSA) is 82.8 Å². The molecule has 0 aliphatic rings. The molecule has 0 spiro atoms. The molecule has 0 bridgehead atoms. The molecule has 3 N–H and O–H groups in total. The number of benzene rings is 1. The predicted octanol–water partition coefficient (Wildman–Crippen LogP) is 3.02. The summed E-state index contributed by atoms with van der Waals surface area (Å²) in [6, 6.07) is 6.80. The van der Waals surface area contributed by atoms with Gasteiger partial charge in [0.25, 0.3) is 0 Å². The maximum Gasteiger partial charge on any atom is 0.243 e. The Morgan fingerprint density at radius 2 is 1.76 bits per heavy atom. The number of nitrogens with zero attached hydrogens (tertiary/aromatic N) is 1. The van der Waals surface area contributed by atoms with Crippen molar-refractivity contribution in [3.63, 3.8) is 0 Å². The summed E-state index contributed by atoms with van der Waals surface area (Å²) in [6.07, 6.45) is 3.85. The highest BCUT2D eigenvalue weighted by molar-refractivity contribution is 5.91. The van der Waals surface area contributed by atoms with E-state index in [1.807, 2.05) is 0 Å². The Kier molecular flexibility index (Phi) is 7.54. The van der Waals surface area contributed by atoms with Crippen molar-refractivity contribution in [1.29, 1.82) is 0 Å². The van der Waals surface area contributed by atoms with E-state index in [2.05, 4.69) is 10.2 Å². The van der Waals surface area contributed by atoms with Crippen LogP contribution in [0.4, 0.5) is 11.4 Å². The van der Waals surface area contributed by atoms with E-state index < -0.39 is 0 Å². The Morgan fingerprint density at radius 1 is 1.10 bits per heavy atom. The first-order valence-corrected chi connectivity index (χ1v) is 6.86. The van der Waals surface area contributed by atoms with Crippen molar-refractivity contribution in [2.45, 2.75) is 38.5 Å². The fraction of sp³-hybridized carbons (Fsp3) is 0.400. The maximum absolute atomic E-state index is 11.7. The molecule has 0 aliphatic heterocycles. The van der Waals surface area contributed by atoms with Gasteiger partial charge in [0.1, 0.15) is 0 Å². The van der Waals surface area contributed by atoms with Gasteiger partial charge in [-0.2, -0.15) is 0 Å². The molecule has 0 unspecified atom stereocenters. The van der Waals surface area contributed by atoms with Gasteiger partial charge >= 0.3 is 0 Å². The quantitative estimate of drug-likeness (QED) is 0.298. The van der Waals surface area contributed by atoms with Crippen LogP contribution in [0.15, 0.2) is 24.3 Å². The fourth-order valence-electron chi connectivity index (χ4n) is 1.86. The molecule has 0 saturated carbocycles. The Hall–Kier alpha value is -2.39. The van der Waals surface area contributed by atoms with E-state index in [1.165, 1.54) is 0 Å². The molecule has 6 nitrogen and oxygen atoms in total. The van der Waals surface area contributed by atoms with Crippen molar-refractivity contribution >= 4 is 23.2 Å². The SMILES string of the molecule is [C-]#[N+]c1cccc(NC(=O)CCCCCCC(=O)NO)c1. The zero-order valence-corrected chi connectivity index (χ0v) is 11.8. The number of carbonyl (C=O) groups is 2. The van der Waals surface area contributed by atoms with Crippen LogP contribution in [0.1, 0.15) is 38.5 Å². The number of unbranched alkanes of at least 4 members (excludes halogenated alkanes) is 3. The average Bonchev–Trinajstić information content (AvgIpc) is 2.50. The van der Waals surface area contributed by atoms with Gasteiger partial charge < -0.3 is 5.32 Å². The number of nitrogens with one attached hydrogen (secondary N) is 2. The minimum Gasteiger partial charge on any atom is -0.327 e. The van der Waals surface area contributed by atoms with E-state index in [9.17, 15) is 9.59 Å². The largest absolute Gasteiger partial charge is 0.327 e. The first-order valence-electron chi connectivity index (χ1n) is 6.86. The summed E-state index contributed by atoms with van der Waals surface area (Å²) in [5.41, 5.74) is 2.71. The third-order valence-electron chi connectivity index (χ3n) is 2.94. The number of amides is 2. The monoisotopic (exact) mass is 289 g/mol. The molecular formula is C15H19N3O3. The van der Waals surface area contributed by atoms with Gasteiger partial charge in [-0.1, -0.05) is 25.0 Å². The molecule has 0 atom stereocenters. The van der Waals surface area contributed by atoms with E-state index in [1.54, 1.807) is 29.7 Å². The standard InChI is InChI=1S/C15H19N3O3/c1-16-12-7-6-8-13(11-12)17-14(19)9-4-2-3-5-10-15(20)18-21/h6-8,11,21H,2-5,9-10H2,(H,17,19)(H,18,20). The van der Waals surface area contributed by atoms with Crippen LogP contribution < -0.4 is 10.8 Å². The van der Waals surface area contributed by atoms with E-state index >= 15 is 0 Å². The third-order valence-corrected chi connectivity index (χ3v) is 2.94. The lowest BCUT2D eigenvalue weighted by Gasteiger charge is -2.05. The second kappa shape index (κ2) is 9.50. The van der Waals surface area contributed by atoms with Crippen LogP contribution in [0, 0.1) is 6.57 Å². The Morgan fingerprint density at radius 3 is 2.38 bits per heavy atom. The molecule has 2 amide bonds. The molecule has 0 heterocycles. The van der Waals surface area contributed by atoms with Gasteiger partial charge in [0.15, 0.2) is 5.69 Å². The molecule has 0 aliphatic carbocycles. The zero-order chi connectivity index (χ0) is 15.5. The minimum absolute atomic E-state index is 0.0785. The molecule has 112 valence electrons. The van der Waals surface area contributed by atoms with Gasteiger partial charge in [-0.25, -0.2) is 10.3 Å². The van der Waals surface area contributed by atoms with Crippen molar-refractivity contribution in [1.82, 2.24) is 5.48 Å². The summed E-state index contributed by atoms with van der Waals surface area (Å²) in [7, 11) is 0. The minimum atomic E-state index is -0.382. The van der Waals surface area contributed by atoms with Crippen molar-refractivity contribution < 1.29 is 14.8 Å². The summed E-state index contributed by atoms with van der Waals surface area (Å²) < 4.78 is 0. The lowest BCUT2D eigenvalue weighted by Crippen LogP contribution is -2.17. The van der Waals surface area contributed by atoms with Crippen LogP contribution in [0.25, 0.3) is 4.85 Å². The second-order valence-corrected chi connectivity index (χ2v) is 4.66. The predicted molar refractivity (Wildman–Crippen MR) is 79.0 cm³/mol. The van der Waals surface area contributed by atoms with Gasteiger partial charge in [-0.15, -0.1) is 0 Å². The highest BCUT2D eigenvalue weighted by Crippen LogP contribution is 2.18. The van der Waals surface area contributed by atoms with Crippen molar-refractivity contribution in [2.24, 2.45) is 0 Å². The zero-order valence-electron chi connectivity index (χ0n) is 11.8. The number of carbonyl (C=O) groups excluding carboxylic acids is 2. The van der Waals surface area contributed by atoms with E-state index in [0.717, 1.165) is 19.3 Å². The molecule has 6 heteroatoms. The van der Waals surface area contributed by atoms with E-state index in [-0.39, 0.29) is 11.8 Å². The molecular weight excluding hydrogens is 270 g/mol. The maximum atomic E-state index is 11.7. The van der Waals surface area contributed by atoms with E-state index in [4.69, 9.17) is 11.8 Å². The van der Waals surface area contributed by atoms with Crippen LogP contribution in [0.3, 0.4) is 0 Å². The summed E-state index contributed by atoms with van der Waals surface area (Å²) >= 11 is 0. The molecule has 1 rings (SSSR count). The molecule has 0 fully saturated rings. The molecule has 0 aromatic heterocycles. The van der Waals surface area contributed by atoms with Crippen molar-refractivity contribution in [3.05, 3.63) is 35.7 Å². The first kappa shape index (κ1) is 16.7. The van der Waals surface area contributed by atoms with E-state index in [0.29, 0.717) is 30.6 Å². The number of rotatable bonds is 8. The Labute approximate surface area is 123 Å². The van der Waals surface area contributed by atoms with Crippen molar-refractivity contribution in [2.75, 3.05) is 5.32 Å². The highest BCUT2D eigenvalue weighted by Gasteiger charge is 2.03. The molecule has 0 saturated heterocycles. The summed E-state index contributed by atoms with van der Waals surface area (Å²) in [5, 5.41) is 11.1. The summed E-state index contributed by atoms with van der Waals surface area (Å²) in [4.78, 5) is 25.8. The van der Waals surface area contributed by atoms with Crippen LogP contribution in [-0.4, -0.2) is 17.0 Å². The normalized spacial score (nSPS) is 9.71. The van der Waals surface area contributed by atoms with Gasteiger partial charge in [0, 0.05) is 18.5 Å². The number of hydrogen-bond donors (Lipinski definition) is 3. The number of anilines is 1. The lowest BCUT2D eigenvalue weighted by molar-refractivity contribution is -0.129. The molecule has 0 radical (unpaired) electrons. The smallest absolute Gasteiger partial charge is 0.243 e. The van der Waals surface area contributed by atoms with Crippen LogP contribution in [0.2, 0.25) is 0 Å². The average molecular weight is 289 g/mol. The first-order chi connectivity index (χ1) is 10.2. The summed E-state index contributed by atoms with van der Waals surface area (Å²) in [5.74, 6) is -0.460. The second-order valence-electron chi connectivity index (χ2n) is 4.66. The van der Waals surface area contributed by atoms with Gasteiger partial charge in [-0.3, -0.25) is 14.8 Å². The van der Waals surface area contributed by atoms with Crippen LogP contribution in [0.5, 0.6) is 0 Å². The fourth-order valence-corrected chi connectivity index (χ4v) is 1.86. The van der Waals surface area contributed by atoms with Crippen LogP contribution >= 0.6 is 0 Å². The molecule has 1 aromatic rings. The third kappa shape index (κ3) is 7.09. The lowest BCUT2D eigenvalue weighted by atomic mass is 10.1. The van der Waals surface area contributed by atoms with Crippen LogP contribution in [-0.2, 0) is 9.59 Å². The number of hydrogen-bond acceptors (Lipinski definition) is 3. The number of hydroxylamine groups is 1. The summed E-state index contributed by atoms with van der Waals surface area (Å²) in [6.45, 7) is 6.91. The van der Waals surface area contributed by atoms with Crippen molar-refractivity contribution in [3.8, 4) is 0 Å². The molecule has 1 aromatic carbocycles. The van der Waals surface area contributed by atoms with Gasteiger partial charge in [0.2, 0.25) is 11.8 Å². The van der Waals surface area contributed by atoms with Gasteiger partial charge in [0.05, 0.1) is 6.57 Å². The molecule has 21 heavy (non-hydrogen) atoms. The Balaban J connectivity index is 2.17. The van der Waals surface area contributed by atoms with Gasteiger partial charge in [-0.05, 0) is 25.0 Å².